The summed E-state index contributed by atoms with van der Waals surface area (Å²) in [4.78, 5) is 2.40. The molecule has 2 nitrogen and oxygen atoms in total. The molecule has 0 spiro atoms. The third-order valence-corrected chi connectivity index (χ3v) is 4.98. The highest BCUT2D eigenvalue weighted by molar-refractivity contribution is 6.30. The predicted octanol–water partition coefficient (Wildman–Crippen LogP) is 4.08. The number of nitrogens with one attached hydrogen (secondary N) is 1. The van der Waals surface area contributed by atoms with Crippen LogP contribution in [0.15, 0.2) is 18.2 Å². The molecule has 1 heterocycles. The number of hydrogen-bond donors (Lipinski definition) is 1. The summed E-state index contributed by atoms with van der Waals surface area (Å²) in [5.41, 5.74) is 0.700. The van der Waals surface area contributed by atoms with Crippen LogP contribution in [0.3, 0.4) is 0 Å². The monoisotopic (exact) mass is 312 g/mol. The Morgan fingerprint density at radius 3 is 2.86 bits per heavy atom. The van der Waals surface area contributed by atoms with Crippen molar-refractivity contribution in [2.75, 3.05) is 13.1 Å². The Hall–Kier alpha value is -0.640. The van der Waals surface area contributed by atoms with E-state index in [1.807, 2.05) is 0 Å². The van der Waals surface area contributed by atoms with Gasteiger partial charge in [0.1, 0.15) is 5.82 Å². The Kier molecular flexibility index (Phi) is 6.03. The Balaban J connectivity index is 2.12. The highest BCUT2D eigenvalue weighted by atomic mass is 35.5. The van der Waals surface area contributed by atoms with Crippen LogP contribution in [-0.4, -0.2) is 30.1 Å². The summed E-state index contributed by atoms with van der Waals surface area (Å²) in [6.45, 7) is 9.28. The van der Waals surface area contributed by atoms with E-state index in [1.165, 1.54) is 6.07 Å². The van der Waals surface area contributed by atoms with Crippen molar-refractivity contribution in [1.29, 1.82) is 0 Å². The number of nitrogens with zero attached hydrogens (tertiary/aromatic N) is 1. The SMILES string of the molecule is CCC(C)C1CN(Cc2cc(Cl)ccc2F)C(CC)CN1. The lowest BCUT2D eigenvalue weighted by molar-refractivity contribution is 0.0982. The van der Waals surface area contributed by atoms with Gasteiger partial charge in [-0.25, -0.2) is 4.39 Å². The van der Waals surface area contributed by atoms with E-state index in [-0.39, 0.29) is 5.82 Å². The van der Waals surface area contributed by atoms with Gasteiger partial charge in [-0.05, 0) is 30.5 Å². The predicted molar refractivity (Wildman–Crippen MR) is 87.1 cm³/mol. The van der Waals surface area contributed by atoms with Gasteiger partial charge in [-0.1, -0.05) is 38.8 Å². The molecular formula is C17H26ClFN2. The second-order valence-electron chi connectivity index (χ2n) is 6.13. The molecule has 1 saturated heterocycles. The van der Waals surface area contributed by atoms with Crippen molar-refractivity contribution in [1.82, 2.24) is 10.2 Å². The van der Waals surface area contributed by atoms with Gasteiger partial charge in [0, 0.05) is 42.3 Å². The van der Waals surface area contributed by atoms with Gasteiger partial charge in [0.25, 0.3) is 0 Å². The van der Waals surface area contributed by atoms with Gasteiger partial charge in [-0.15, -0.1) is 0 Å². The van der Waals surface area contributed by atoms with E-state index in [0.717, 1.165) is 25.9 Å². The van der Waals surface area contributed by atoms with Crippen LogP contribution in [0.1, 0.15) is 39.2 Å². The van der Waals surface area contributed by atoms with E-state index in [9.17, 15) is 4.39 Å². The second kappa shape index (κ2) is 7.57. The number of hydrogen-bond acceptors (Lipinski definition) is 2. The third kappa shape index (κ3) is 4.18. The van der Waals surface area contributed by atoms with Crippen molar-refractivity contribution >= 4 is 11.6 Å². The van der Waals surface area contributed by atoms with Crippen molar-refractivity contribution < 1.29 is 4.39 Å². The molecule has 0 saturated carbocycles. The first-order valence-corrected chi connectivity index (χ1v) is 8.34. The topological polar surface area (TPSA) is 15.3 Å². The van der Waals surface area contributed by atoms with E-state index in [2.05, 4.69) is 31.0 Å². The summed E-state index contributed by atoms with van der Waals surface area (Å²) in [7, 11) is 0. The molecule has 3 unspecified atom stereocenters. The maximum absolute atomic E-state index is 14.0. The van der Waals surface area contributed by atoms with E-state index in [4.69, 9.17) is 11.6 Å². The highest BCUT2D eigenvalue weighted by Crippen LogP contribution is 2.22. The van der Waals surface area contributed by atoms with Gasteiger partial charge < -0.3 is 5.32 Å². The average Bonchev–Trinajstić information content (AvgIpc) is 2.50. The molecular weight excluding hydrogens is 287 g/mol. The smallest absolute Gasteiger partial charge is 0.127 e. The molecule has 1 aliphatic rings. The maximum atomic E-state index is 14.0. The Morgan fingerprint density at radius 2 is 2.19 bits per heavy atom. The first-order valence-electron chi connectivity index (χ1n) is 7.96. The third-order valence-electron chi connectivity index (χ3n) is 4.75. The minimum atomic E-state index is -0.159. The fourth-order valence-electron chi connectivity index (χ4n) is 3.03. The Bertz CT molecular complexity index is 466. The minimum absolute atomic E-state index is 0.159. The van der Waals surface area contributed by atoms with Gasteiger partial charge in [0.15, 0.2) is 0 Å². The summed E-state index contributed by atoms with van der Waals surface area (Å²) < 4.78 is 14.0. The van der Waals surface area contributed by atoms with E-state index >= 15 is 0 Å². The number of benzene rings is 1. The fourth-order valence-corrected chi connectivity index (χ4v) is 3.22. The average molecular weight is 313 g/mol. The van der Waals surface area contributed by atoms with E-state index < -0.39 is 0 Å². The molecule has 1 N–H and O–H groups in total. The molecule has 0 radical (unpaired) electrons. The normalized spacial score (nSPS) is 25.0. The van der Waals surface area contributed by atoms with Crippen LogP contribution in [0.25, 0.3) is 0 Å². The molecule has 118 valence electrons. The van der Waals surface area contributed by atoms with E-state index in [0.29, 0.717) is 35.1 Å². The lowest BCUT2D eigenvalue weighted by Crippen LogP contribution is -2.57. The van der Waals surface area contributed by atoms with Gasteiger partial charge >= 0.3 is 0 Å². The Labute approximate surface area is 132 Å². The van der Waals surface area contributed by atoms with Crippen molar-refractivity contribution in [3.63, 3.8) is 0 Å². The molecule has 1 aliphatic heterocycles. The van der Waals surface area contributed by atoms with Gasteiger partial charge in [0.2, 0.25) is 0 Å². The zero-order valence-electron chi connectivity index (χ0n) is 13.2. The van der Waals surface area contributed by atoms with Crippen LogP contribution in [0.5, 0.6) is 0 Å². The zero-order valence-corrected chi connectivity index (χ0v) is 14.0. The first kappa shape index (κ1) is 16.7. The van der Waals surface area contributed by atoms with Gasteiger partial charge in [-0.3, -0.25) is 4.90 Å². The molecule has 1 aromatic carbocycles. The van der Waals surface area contributed by atoms with Crippen LogP contribution < -0.4 is 5.32 Å². The quantitative estimate of drug-likeness (QED) is 0.881. The van der Waals surface area contributed by atoms with Crippen LogP contribution in [0.2, 0.25) is 5.02 Å². The van der Waals surface area contributed by atoms with E-state index in [1.54, 1.807) is 12.1 Å². The summed E-state index contributed by atoms with van der Waals surface area (Å²) in [6.07, 6.45) is 2.23. The molecule has 21 heavy (non-hydrogen) atoms. The van der Waals surface area contributed by atoms with Gasteiger partial charge in [-0.2, -0.15) is 0 Å². The zero-order chi connectivity index (χ0) is 15.4. The van der Waals surface area contributed by atoms with Crippen molar-refractivity contribution in [2.45, 2.75) is 52.2 Å². The number of halogens is 2. The lowest BCUT2D eigenvalue weighted by Gasteiger charge is -2.42. The standard InChI is InChI=1S/C17H26ClFN2/c1-4-12(3)17-11-21(15(5-2)9-20-17)10-13-8-14(18)6-7-16(13)19/h6-8,12,15,17,20H,4-5,9-11H2,1-3H3. The number of rotatable bonds is 5. The molecule has 4 heteroatoms. The van der Waals surface area contributed by atoms with Crippen LogP contribution in [0, 0.1) is 11.7 Å². The minimum Gasteiger partial charge on any atom is -0.311 e. The summed E-state index contributed by atoms with van der Waals surface area (Å²) >= 11 is 6.01. The molecule has 1 fully saturated rings. The second-order valence-corrected chi connectivity index (χ2v) is 6.56. The molecule has 0 aromatic heterocycles. The largest absolute Gasteiger partial charge is 0.311 e. The molecule has 3 atom stereocenters. The van der Waals surface area contributed by atoms with Crippen LogP contribution >= 0.6 is 11.6 Å². The first-order chi connectivity index (χ1) is 10.0. The summed E-state index contributed by atoms with van der Waals surface area (Å²) in [5.74, 6) is 0.474. The summed E-state index contributed by atoms with van der Waals surface area (Å²) in [5, 5.41) is 4.26. The van der Waals surface area contributed by atoms with Crippen molar-refractivity contribution in [3.8, 4) is 0 Å². The summed E-state index contributed by atoms with van der Waals surface area (Å²) in [6, 6.07) is 5.78. The highest BCUT2D eigenvalue weighted by Gasteiger charge is 2.29. The number of piperazine rings is 1. The van der Waals surface area contributed by atoms with Crippen LogP contribution in [0.4, 0.5) is 4.39 Å². The molecule has 0 amide bonds. The fraction of sp³-hybridized carbons (Fsp3) is 0.647. The lowest BCUT2D eigenvalue weighted by atomic mass is 9.94. The molecule has 2 rings (SSSR count). The molecule has 1 aromatic rings. The van der Waals surface area contributed by atoms with Crippen molar-refractivity contribution in [2.24, 2.45) is 5.92 Å². The molecule has 0 aliphatic carbocycles. The van der Waals surface area contributed by atoms with Crippen molar-refractivity contribution in [3.05, 3.63) is 34.6 Å². The van der Waals surface area contributed by atoms with Gasteiger partial charge in [0.05, 0.1) is 0 Å². The van der Waals surface area contributed by atoms with Crippen LogP contribution in [-0.2, 0) is 6.54 Å². The molecule has 0 bridgehead atoms. The Morgan fingerprint density at radius 1 is 1.43 bits per heavy atom. The maximum Gasteiger partial charge on any atom is 0.127 e.